The number of nitrogens with zero attached hydrogens (tertiary/aromatic N) is 1. The fourth-order valence-electron chi connectivity index (χ4n) is 2.33. The summed E-state index contributed by atoms with van der Waals surface area (Å²) in [6.45, 7) is 3.18. The summed E-state index contributed by atoms with van der Waals surface area (Å²) in [7, 11) is -3.17. The number of thiophene rings is 1. The Morgan fingerprint density at radius 3 is 2.62 bits per heavy atom. The molecule has 1 aromatic heterocycles. The van der Waals surface area contributed by atoms with Crippen LogP contribution in [0, 0.1) is 6.92 Å². The second kappa shape index (κ2) is 6.72. The van der Waals surface area contributed by atoms with Gasteiger partial charge in [-0.2, -0.15) is 0 Å². The molecule has 1 fully saturated rings. The fourth-order valence-corrected chi connectivity index (χ4v) is 3.99. The Morgan fingerprint density at radius 1 is 1.43 bits per heavy atom. The van der Waals surface area contributed by atoms with Crippen LogP contribution in [-0.2, 0) is 14.8 Å². The summed E-state index contributed by atoms with van der Waals surface area (Å²) in [5.41, 5.74) is 1.17. The zero-order chi connectivity index (χ0) is 15.5. The molecule has 1 amide bonds. The molecular weight excluding hydrogens is 308 g/mol. The van der Waals surface area contributed by atoms with E-state index in [1.165, 1.54) is 5.56 Å². The molecular formula is C14H20N2O3S2. The number of likely N-dealkylation sites (tertiary alicyclic amines) is 1. The number of hydrogen-bond donors (Lipinski definition) is 1. The Bertz CT molecular complexity index is 626. The van der Waals surface area contributed by atoms with Crippen LogP contribution in [0.2, 0.25) is 0 Å². The van der Waals surface area contributed by atoms with Crippen LogP contribution >= 0.6 is 11.3 Å². The summed E-state index contributed by atoms with van der Waals surface area (Å²) in [4.78, 5) is 15.0. The number of carbonyl (C=O) groups excluding carboxylic acids is 1. The molecule has 0 unspecified atom stereocenters. The van der Waals surface area contributed by atoms with Crippen LogP contribution in [0.5, 0.6) is 0 Å². The van der Waals surface area contributed by atoms with Gasteiger partial charge in [0.2, 0.25) is 15.9 Å². The quantitative estimate of drug-likeness (QED) is 0.854. The Hall–Kier alpha value is -1.18. The lowest BCUT2D eigenvalue weighted by molar-refractivity contribution is -0.126. The molecule has 2 heterocycles. The van der Waals surface area contributed by atoms with Crippen molar-refractivity contribution >= 4 is 33.3 Å². The fraction of sp³-hybridized carbons (Fsp3) is 0.500. The summed E-state index contributed by atoms with van der Waals surface area (Å²) in [6.07, 6.45) is 5.93. The standard InChI is InChI=1S/C14H20N2O3S2/c1-11-7-10-20-13(11)3-4-14(17)16-8-5-12(6-9-16)15-21(2,18)19/h3-4,7,10,12,15H,5-6,8-9H2,1-2H3. The molecule has 21 heavy (non-hydrogen) atoms. The molecule has 0 radical (unpaired) electrons. The maximum absolute atomic E-state index is 12.1. The van der Waals surface area contributed by atoms with Crippen LogP contribution in [0.4, 0.5) is 0 Å². The smallest absolute Gasteiger partial charge is 0.246 e. The first-order valence-electron chi connectivity index (χ1n) is 6.83. The van der Waals surface area contributed by atoms with Gasteiger partial charge >= 0.3 is 0 Å². The minimum Gasteiger partial charge on any atom is -0.339 e. The monoisotopic (exact) mass is 328 g/mol. The highest BCUT2D eigenvalue weighted by Gasteiger charge is 2.23. The first-order chi connectivity index (χ1) is 9.85. The molecule has 0 aliphatic carbocycles. The molecule has 1 aromatic rings. The topological polar surface area (TPSA) is 66.5 Å². The number of piperidine rings is 1. The van der Waals surface area contributed by atoms with Gasteiger partial charge in [0.1, 0.15) is 0 Å². The molecule has 0 atom stereocenters. The van der Waals surface area contributed by atoms with Crippen molar-refractivity contribution in [2.24, 2.45) is 0 Å². The normalized spacial score (nSPS) is 17.5. The predicted molar refractivity (Wildman–Crippen MR) is 85.7 cm³/mol. The average molecular weight is 328 g/mol. The van der Waals surface area contributed by atoms with E-state index >= 15 is 0 Å². The molecule has 116 valence electrons. The highest BCUT2D eigenvalue weighted by atomic mass is 32.2. The average Bonchev–Trinajstić information content (AvgIpc) is 2.80. The molecule has 7 heteroatoms. The molecule has 0 bridgehead atoms. The van der Waals surface area contributed by atoms with Crippen molar-refractivity contribution in [3.05, 3.63) is 28.0 Å². The van der Waals surface area contributed by atoms with Crippen molar-refractivity contribution in [1.82, 2.24) is 9.62 Å². The zero-order valence-electron chi connectivity index (χ0n) is 12.2. The summed E-state index contributed by atoms with van der Waals surface area (Å²) in [5, 5.41) is 2.00. The van der Waals surface area contributed by atoms with Crippen LogP contribution in [0.25, 0.3) is 6.08 Å². The maximum Gasteiger partial charge on any atom is 0.246 e. The van der Waals surface area contributed by atoms with Gasteiger partial charge in [-0.25, -0.2) is 13.1 Å². The molecule has 1 N–H and O–H groups in total. The van der Waals surface area contributed by atoms with E-state index in [1.807, 2.05) is 24.4 Å². The highest BCUT2D eigenvalue weighted by molar-refractivity contribution is 7.88. The molecule has 0 aromatic carbocycles. The second-order valence-corrected chi connectivity index (χ2v) is 8.02. The van der Waals surface area contributed by atoms with Gasteiger partial charge in [0.05, 0.1) is 6.26 Å². The molecule has 1 aliphatic rings. The molecule has 1 aliphatic heterocycles. The number of aryl methyl sites for hydroxylation is 1. The van der Waals surface area contributed by atoms with E-state index in [1.54, 1.807) is 22.3 Å². The first-order valence-corrected chi connectivity index (χ1v) is 9.60. The Kier molecular flexibility index (Phi) is 5.18. The van der Waals surface area contributed by atoms with Crippen molar-refractivity contribution < 1.29 is 13.2 Å². The van der Waals surface area contributed by atoms with Gasteiger partial charge in [-0.3, -0.25) is 4.79 Å². The largest absolute Gasteiger partial charge is 0.339 e. The predicted octanol–water partition coefficient (Wildman–Crippen LogP) is 1.61. The van der Waals surface area contributed by atoms with Crippen molar-refractivity contribution in [3.63, 3.8) is 0 Å². The number of carbonyl (C=O) groups is 1. The van der Waals surface area contributed by atoms with E-state index in [4.69, 9.17) is 0 Å². The summed E-state index contributed by atoms with van der Waals surface area (Å²) < 4.78 is 25.0. The van der Waals surface area contributed by atoms with E-state index < -0.39 is 10.0 Å². The SMILES string of the molecule is Cc1ccsc1C=CC(=O)N1CCC(NS(C)(=O)=O)CC1. The van der Waals surface area contributed by atoms with Crippen LogP contribution in [0.1, 0.15) is 23.3 Å². The summed E-state index contributed by atoms with van der Waals surface area (Å²) >= 11 is 1.61. The third kappa shape index (κ3) is 4.94. The van der Waals surface area contributed by atoms with Crippen molar-refractivity contribution in [2.45, 2.75) is 25.8 Å². The van der Waals surface area contributed by atoms with Gasteiger partial charge in [-0.05, 0) is 42.9 Å². The third-order valence-electron chi connectivity index (χ3n) is 3.47. The van der Waals surface area contributed by atoms with Crippen LogP contribution in [-0.4, -0.2) is 44.6 Å². The lowest BCUT2D eigenvalue weighted by Crippen LogP contribution is -2.45. The summed E-state index contributed by atoms with van der Waals surface area (Å²) in [5.74, 6) is -0.0133. The Labute approximate surface area is 129 Å². The van der Waals surface area contributed by atoms with Gasteiger partial charge in [0, 0.05) is 30.1 Å². The number of sulfonamides is 1. The van der Waals surface area contributed by atoms with Gasteiger partial charge < -0.3 is 4.90 Å². The Morgan fingerprint density at radius 2 is 2.10 bits per heavy atom. The van der Waals surface area contributed by atoms with E-state index in [0.717, 1.165) is 11.1 Å². The van der Waals surface area contributed by atoms with Crippen LogP contribution in [0.15, 0.2) is 17.5 Å². The third-order valence-corrected chi connectivity index (χ3v) is 5.21. The summed E-state index contributed by atoms with van der Waals surface area (Å²) in [6, 6.07) is 1.96. The number of nitrogens with one attached hydrogen (secondary N) is 1. The van der Waals surface area contributed by atoms with Gasteiger partial charge in [0.15, 0.2) is 0 Å². The van der Waals surface area contributed by atoms with Gasteiger partial charge in [-0.15, -0.1) is 11.3 Å². The van der Waals surface area contributed by atoms with E-state index in [2.05, 4.69) is 4.72 Å². The van der Waals surface area contributed by atoms with Gasteiger partial charge in [-0.1, -0.05) is 0 Å². The molecule has 2 rings (SSSR count). The lowest BCUT2D eigenvalue weighted by atomic mass is 10.1. The lowest BCUT2D eigenvalue weighted by Gasteiger charge is -2.31. The van der Waals surface area contributed by atoms with Crippen molar-refractivity contribution in [2.75, 3.05) is 19.3 Å². The molecule has 1 saturated heterocycles. The van der Waals surface area contributed by atoms with Crippen molar-refractivity contribution in [3.8, 4) is 0 Å². The van der Waals surface area contributed by atoms with E-state index in [-0.39, 0.29) is 11.9 Å². The molecule has 0 saturated carbocycles. The maximum atomic E-state index is 12.1. The zero-order valence-corrected chi connectivity index (χ0v) is 13.8. The highest BCUT2D eigenvalue weighted by Crippen LogP contribution is 2.18. The molecule has 0 spiro atoms. The Balaban J connectivity index is 1.86. The number of hydrogen-bond acceptors (Lipinski definition) is 4. The second-order valence-electron chi connectivity index (χ2n) is 5.29. The number of amides is 1. The first kappa shape index (κ1) is 16.2. The van der Waals surface area contributed by atoms with E-state index in [9.17, 15) is 13.2 Å². The van der Waals surface area contributed by atoms with Crippen LogP contribution < -0.4 is 4.72 Å². The van der Waals surface area contributed by atoms with E-state index in [0.29, 0.717) is 25.9 Å². The van der Waals surface area contributed by atoms with Crippen LogP contribution in [0.3, 0.4) is 0 Å². The number of rotatable bonds is 4. The van der Waals surface area contributed by atoms with Crippen molar-refractivity contribution in [1.29, 1.82) is 0 Å². The minimum atomic E-state index is -3.17. The minimum absolute atomic E-state index is 0.0133. The van der Waals surface area contributed by atoms with Gasteiger partial charge in [0.25, 0.3) is 0 Å². The molecule has 5 nitrogen and oxygen atoms in total.